The summed E-state index contributed by atoms with van der Waals surface area (Å²) in [4.78, 5) is 23.0. The highest BCUT2D eigenvalue weighted by Gasteiger charge is 2.47. The molecule has 0 aliphatic carbocycles. The molecule has 2 aromatic heterocycles. The summed E-state index contributed by atoms with van der Waals surface area (Å²) in [5.41, 5.74) is 2.40. The molecule has 0 saturated carbocycles. The monoisotopic (exact) mass is 362 g/mol. The van der Waals surface area contributed by atoms with E-state index in [0.717, 1.165) is 42.0 Å². The summed E-state index contributed by atoms with van der Waals surface area (Å²) < 4.78 is 5.29. The fourth-order valence-corrected chi connectivity index (χ4v) is 4.55. The zero-order valence-electron chi connectivity index (χ0n) is 15.2. The highest BCUT2D eigenvalue weighted by atomic mass is 16.5. The number of aromatic nitrogens is 2. The van der Waals surface area contributed by atoms with Gasteiger partial charge in [0.25, 0.3) is 5.91 Å². The highest BCUT2D eigenvalue weighted by Crippen LogP contribution is 2.43. The molecule has 0 bridgehead atoms. The molecule has 2 fully saturated rings. The molecular formula is C21H22N4O2. The summed E-state index contributed by atoms with van der Waals surface area (Å²) in [5.74, 6) is 1.74. The van der Waals surface area contributed by atoms with E-state index in [0.29, 0.717) is 17.5 Å². The molecule has 138 valence electrons. The van der Waals surface area contributed by atoms with E-state index in [1.54, 1.807) is 7.11 Å². The first-order chi connectivity index (χ1) is 13.2. The number of benzene rings is 1. The minimum Gasteiger partial charge on any atom is -0.497 e. The Bertz CT molecular complexity index is 981. The van der Waals surface area contributed by atoms with Gasteiger partial charge in [-0.3, -0.25) is 4.79 Å². The Hall–Kier alpha value is -2.86. The van der Waals surface area contributed by atoms with Gasteiger partial charge < -0.3 is 19.9 Å². The number of carbonyl (C=O) groups excluding carboxylic acids is 1. The van der Waals surface area contributed by atoms with Crippen molar-refractivity contribution < 1.29 is 9.53 Å². The van der Waals surface area contributed by atoms with Gasteiger partial charge in [0, 0.05) is 37.1 Å². The van der Waals surface area contributed by atoms with E-state index in [2.05, 4.69) is 27.4 Å². The maximum Gasteiger partial charge on any atom is 0.273 e. The second-order valence-corrected chi connectivity index (χ2v) is 7.37. The van der Waals surface area contributed by atoms with Gasteiger partial charge in [-0.15, -0.1) is 0 Å². The van der Waals surface area contributed by atoms with E-state index < -0.39 is 0 Å². The van der Waals surface area contributed by atoms with Crippen molar-refractivity contribution >= 4 is 16.9 Å². The van der Waals surface area contributed by atoms with Crippen molar-refractivity contribution in [2.45, 2.75) is 6.04 Å². The molecular weight excluding hydrogens is 340 g/mol. The minimum absolute atomic E-state index is 0.00159. The lowest BCUT2D eigenvalue weighted by Gasteiger charge is -2.28. The Morgan fingerprint density at radius 1 is 1.15 bits per heavy atom. The third kappa shape index (κ3) is 2.68. The molecule has 1 amide bonds. The first-order valence-electron chi connectivity index (χ1n) is 9.34. The lowest BCUT2D eigenvalue weighted by molar-refractivity contribution is 0.0708. The van der Waals surface area contributed by atoms with Gasteiger partial charge in [-0.2, -0.15) is 0 Å². The van der Waals surface area contributed by atoms with Crippen LogP contribution < -0.4 is 10.1 Å². The van der Waals surface area contributed by atoms with Crippen molar-refractivity contribution in [3.63, 3.8) is 0 Å². The second kappa shape index (κ2) is 6.39. The van der Waals surface area contributed by atoms with Gasteiger partial charge in [0.05, 0.1) is 13.2 Å². The van der Waals surface area contributed by atoms with Crippen LogP contribution >= 0.6 is 0 Å². The number of fused-ring (bicyclic) bond motifs is 2. The lowest BCUT2D eigenvalue weighted by atomic mass is 9.89. The Labute approximate surface area is 157 Å². The predicted molar refractivity (Wildman–Crippen MR) is 103 cm³/mol. The molecule has 4 heterocycles. The average Bonchev–Trinajstić information content (AvgIpc) is 3.42. The van der Waals surface area contributed by atoms with Crippen LogP contribution in [0.25, 0.3) is 11.0 Å². The van der Waals surface area contributed by atoms with Gasteiger partial charge in [-0.05, 0) is 41.8 Å². The Morgan fingerprint density at radius 2 is 2.00 bits per heavy atom. The number of carbonyl (C=O) groups is 1. The summed E-state index contributed by atoms with van der Waals surface area (Å²) in [6.45, 7) is 2.66. The standard InChI is InChI=1S/C21H22N4O2/c1-27-16-5-2-13(3-6-16)19-17-11-22-10-15(17)12-25(19)21(26)18-7-4-14-8-9-23-20(14)24-18/h2-9,15,17,19,22H,10-12H2,1H3,(H,23,24)/t15-,17-,19-/m0/s1. The van der Waals surface area contributed by atoms with E-state index in [1.807, 2.05) is 41.4 Å². The average molecular weight is 362 g/mol. The molecule has 0 spiro atoms. The fourth-order valence-electron chi connectivity index (χ4n) is 4.55. The molecule has 2 aliphatic heterocycles. The number of nitrogens with one attached hydrogen (secondary N) is 2. The van der Waals surface area contributed by atoms with Gasteiger partial charge in [-0.1, -0.05) is 12.1 Å². The zero-order valence-corrected chi connectivity index (χ0v) is 15.2. The third-order valence-corrected chi connectivity index (χ3v) is 5.91. The molecule has 2 saturated heterocycles. The molecule has 3 atom stereocenters. The van der Waals surface area contributed by atoms with Crippen LogP contribution in [0.2, 0.25) is 0 Å². The Balaban J connectivity index is 1.51. The Morgan fingerprint density at radius 3 is 2.81 bits per heavy atom. The van der Waals surface area contributed by atoms with E-state index in [1.165, 1.54) is 0 Å². The van der Waals surface area contributed by atoms with Crippen molar-refractivity contribution in [2.24, 2.45) is 11.8 Å². The van der Waals surface area contributed by atoms with E-state index in [4.69, 9.17) is 4.74 Å². The predicted octanol–water partition coefficient (Wildman–Crippen LogP) is 2.60. The van der Waals surface area contributed by atoms with Crippen molar-refractivity contribution in [3.8, 4) is 5.75 Å². The quantitative estimate of drug-likeness (QED) is 0.751. The van der Waals surface area contributed by atoms with Gasteiger partial charge in [0.1, 0.15) is 17.1 Å². The topological polar surface area (TPSA) is 70.2 Å². The van der Waals surface area contributed by atoms with Crippen LogP contribution in [0.5, 0.6) is 5.75 Å². The number of amides is 1. The number of H-pyrrole nitrogens is 1. The number of ether oxygens (including phenoxy) is 1. The zero-order chi connectivity index (χ0) is 18.4. The first kappa shape index (κ1) is 16.3. The molecule has 0 unspecified atom stereocenters. The number of nitrogens with zero attached hydrogens (tertiary/aromatic N) is 2. The van der Waals surface area contributed by atoms with E-state index in [9.17, 15) is 4.79 Å². The fraction of sp³-hybridized carbons (Fsp3) is 0.333. The number of likely N-dealkylation sites (tertiary alicyclic amines) is 1. The molecule has 2 N–H and O–H groups in total. The summed E-state index contributed by atoms with van der Waals surface area (Å²) in [6.07, 6.45) is 1.85. The third-order valence-electron chi connectivity index (χ3n) is 5.91. The first-order valence-corrected chi connectivity index (χ1v) is 9.34. The SMILES string of the molecule is COc1ccc([C@H]2[C@H]3CNC[C@H]3CN2C(=O)c2ccc3cc[nH]c3n2)cc1. The maximum atomic E-state index is 13.4. The molecule has 6 nitrogen and oxygen atoms in total. The van der Waals surface area contributed by atoms with E-state index >= 15 is 0 Å². The second-order valence-electron chi connectivity index (χ2n) is 7.37. The molecule has 3 aromatic rings. The molecule has 27 heavy (non-hydrogen) atoms. The van der Waals surface area contributed by atoms with Gasteiger partial charge >= 0.3 is 0 Å². The van der Waals surface area contributed by atoms with Gasteiger partial charge in [-0.25, -0.2) is 4.98 Å². The van der Waals surface area contributed by atoms with Crippen molar-refractivity contribution in [1.82, 2.24) is 20.2 Å². The van der Waals surface area contributed by atoms with Crippen LogP contribution in [0.3, 0.4) is 0 Å². The molecule has 0 radical (unpaired) electrons. The number of pyridine rings is 1. The lowest BCUT2D eigenvalue weighted by Crippen LogP contribution is -2.35. The number of methoxy groups -OCH3 is 1. The van der Waals surface area contributed by atoms with Crippen LogP contribution in [-0.4, -0.2) is 47.5 Å². The van der Waals surface area contributed by atoms with Crippen molar-refractivity contribution in [3.05, 3.63) is 59.9 Å². The molecule has 1 aromatic carbocycles. The van der Waals surface area contributed by atoms with Gasteiger partial charge in [0.15, 0.2) is 0 Å². The summed E-state index contributed by atoms with van der Waals surface area (Å²) in [5, 5.41) is 4.50. The summed E-state index contributed by atoms with van der Waals surface area (Å²) >= 11 is 0. The van der Waals surface area contributed by atoms with Crippen LogP contribution in [0.15, 0.2) is 48.7 Å². The normalized spacial score (nSPS) is 24.3. The van der Waals surface area contributed by atoms with Gasteiger partial charge in [0.2, 0.25) is 0 Å². The van der Waals surface area contributed by atoms with Crippen LogP contribution in [0, 0.1) is 11.8 Å². The number of hydrogen-bond donors (Lipinski definition) is 2. The van der Waals surface area contributed by atoms with E-state index in [-0.39, 0.29) is 11.9 Å². The minimum atomic E-state index is 0.00159. The number of aromatic amines is 1. The summed E-state index contributed by atoms with van der Waals surface area (Å²) in [7, 11) is 1.67. The number of hydrogen-bond acceptors (Lipinski definition) is 4. The molecule has 2 aliphatic rings. The van der Waals surface area contributed by atoms with Crippen molar-refractivity contribution in [1.29, 1.82) is 0 Å². The summed E-state index contributed by atoms with van der Waals surface area (Å²) in [6, 6.07) is 13.9. The largest absolute Gasteiger partial charge is 0.497 e. The maximum absolute atomic E-state index is 13.4. The van der Waals surface area contributed by atoms with Crippen molar-refractivity contribution in [2.75, 3.05) is 26.7 Å². The van der Waals surface area contributed by atoms with Crippen LogP contribution in [0.1, 0.15) is 22.1 Å². The van der Waals surface area contributed by atoms with Crippen LogP contribution in [-0.2, 0) is 0 Å². The van der Waals surface area contributed by atoms with Crippen LogP contribution in [0.4, 0.5) is 0 Å². The Kier molecular flexibility index (Phi) is 3.86. The molecule has 6 heteroatoms. The number of rotatable bonds is 3. The molecule has 5 rings (SSSR count). The highest BCUT2D eigenvalue weighted by molar-refractivity contribution is 5.95. The smallest absolute Gasteiger partial charge is 0.273 e.